The summed E-state index contributed by atoms with van der Waals surface area (Å²) < 4.78 is 12.1. The van der Waals surface area contributed by atoms with Gasteiger partial charge in [0, 0.05) is 25.3 Å². The first-order valence-corrected chi connectivity index (χ1v) is 5.46. The second kappa shape index (κ2) is 4.62. The molecule has 0 bridgehead atoms. The molecule has 1 heterocycles. The van der Waals surface area contributed by atoms with Crippen LogP contribution in [0.5, 0.6) is 0 Å². The minimum absolute atomic E-state index is 0.229. The molecule has 1 aromatic carbocycles. The summed E-state index contributed by atoms with van der Waals surface area (Å²) in [5, 5.41) is 0. The summed E-state index contributed by atoms with van der Waals surface area (Å²) in [6, 6.07) is 6.08. The summed E-state index contributed by atoms with van der Waals surface area (Å²) in [4.78, 5) is 2.28. The summed E-state index contributed by atoms with van der Waals surface area (Å²) in [5.41, 5.74) is 9.40. The number of alkyl halides is 1. The van der Waals surface area contributed by atoms with Crippen LogP contribution in [-0.4, -0.2) is 24.7 Å². The van der Waals surface area contributed by atoms with Crippen molar-refractivity contribution in [3.63, 3.8) is 0 Å². The second-order valence-electron chi connectivity index (χ2n) is 4.05. The molecule has 2 nitrogen and oxygen atoms in total. The first-order valence-electron chi connectivity index (χ1n) is 5.46. The van der Waals surface area contributed by atoms with Crippen molar-refractivity contribution in [3.05, 3.63) is 29.3 Å². The van der Waals surface area contributed by atoms with Crippen LogP contribution < -0.4 is 5.73 Å². The highest BCUT2D eigenvalue weighted by molar-refractivity contribution is 5.51. The Morgan fingerprint density at radius 1 is 1.40 bits per heavy atom. The Kier molecular flexibility index (Phi) is 3.21. The summed E-state index contributed by atoms with van der Waals surface area (Å²) in [6.45, 7) is 2.51. The number of anilines is 1. The van der Waals surface area contributed by atoms with Gasteiger partial charge < -0.3 is 5.73 Å². The molecule has 0 aliphatic carbocycles. The molecule has 0 spiro atoms. The van der Waals surface area contributed by atoms with Crippen LogP contribution in [0.25, 0.3) is 0 Å². The molecule has 0 fully saturated rings. The van der Waals surface area contributed by atoms with Crippen LogP contribution in [0.4, 0.5) is 10.1 Å². The van der Waals surface area contributed by atoms with Gasteiger partial charge in [-0.25, -0.2) is 0 Å². The number of rotatable bonds is 3. The third-order valence-electron chi connectivity index (χ3n) is 3.00. The zero-order chi connectivity index (χ0) is 10.7. The van der Waals surface area contributed by atoms with E-state index in [1.165, 1.54) is 11.1 Å². The van der Waals surface area contributed by atoms with Gasteiger partial charge in [-0.15, -0.1) is 0 Å². The molecule has 0 radical (unpaired) electrons. The van der Waals surface area contributed by atoms with E-state index in [1.807, 2.05) is 12.1 Å². The topological polar surface area (TPSA) is 29.3 Å². The number of nitrogens with two attached hydrogens (primary N) is 1. The number of hydrogen-bond donors (Lipinski definition) is 1. The van der Waals surface area contributed by atoms with Crippen molar-refractivity contribution in [2.24, 2.45) is 0 Å². The quantitative estimate of drug-likeness (QED) is 0.770. The lowest BCUT2D eigenvalue weighted by molar-refractivity contribution is 0.241. The average Bonchev–Trinajstić information content (AvgIpc) is 2.27. The molecular weight excluding hydrogens is 191 g/mol. The Balaban J connectivity index is 2.08. The van der Waals surface area contributed by atoms with Crippen molar-refractivity contribution < 1.29 is 4.39 Å². The molecule has 0 saturated heterocycles. The van der Waals surface area contributed by atoms with Crippen molar-refractivity contribution >= 4 is 5.69 Å². The van der Waals surface area contributed by atoms with Crippen molar-refractivity contribution in [3.8, 4) is 0 Å². The second-order valence-corrected chi connectivity index (χ2v) is 4.05. The van der Waals surface area contributed by atoms with E-state index in [0.29, 0.717) is 6.42 Å². The van der Waals surface area contributed by atoms with Gasteiger partial charge in [0.2, 0.25) is 0 Å². The van der Waals surface area contributed by atoms with Crippen LogP contribution in [0.3, 0.4) is 0 Å². The lowest BCUT2D eigenvalue weighted by Crippen LogP contribution is -2.32. The molecule has 0 unspecified atom stereocenters. The Bertz CT molecular complexity index is 338. The Morgan fingerprint density at radius 3 is 3.07 bits per heavy atom. The van der Waals surface area contributed by atoms with Crippen molar-refractivity contribution in [2.75, 3.05) is 25.5 Å². The Labute approximate surface area is 89.9 Å². The maximum Gasteiger partial charge on any atom is 0.0906 e. The summed E-state index contributed by atoms with van der Waals surface area (Å²) in [7, 11) is 0. The largest absolute Gasteiger partial charge is 0.398 e. The number of halogens is 1. The summed E-state index contributed by atoms with van der Waals surface area (Å²) in [6.07, 6.45) is 1.66. The van der Waals surface area contributed by atoms with Gasteiger partial charge in [-0.05, 0) is 30.0 Å². The highest BCUT2D eigenvalue weighted by Gasteiger charge is 2.17. The molecular formula is C12H17FN2. The predicted octanol–water partition coefficient (Wildman–Crippen LogP) is 1.99. The lowest BCUT2D eigenvalue weighted by Gasteiger charge is -2.29. The molecule has 0 atom stereocenters. The third-order valence-corrected chi connectivity index (χ3v) is 3.00. The molecule has 0 aromatic heterocycles. The molecule has 1 aliphatic heterocycles. The van der Waals surface area contributed by atoms with Crippen molar-refractivity contribution in [1.82, 2.24) is 4.90 Å². The van der Waals surface area contributed by atoms with Gasteiger partial charge in [-0.2, -0.15) is 0 Å². The monoisotopic (exact) mass is 208 g/mol. The number of nitrogens with zero attached hydrogens (tertiary/aromatic N) is 1. The van der Waals surface area contributed by atoms with Gasteiger partial charge in [-0.1, -0.05) is 12.1 Å². The van der Waals surface area contributed by atoms with Gasteiger partial charge in [0.1, 0.15) is 0 Å². The lowest BCUT2D eigenvalue weighted by atomic mass is 9.98. The predicted molar refractivity (Wildman–Crippen MR) is 60.4 cm³/mol. The Hall–Kier alpha value is -1.09. The van der Waals surface area contributed by atoms with Gasteiger partial charge in [0.15, 0.2) is 0 Å². The first-order chi connectivity index (χ1) is 7.31. The molecule has 1 aliphatic rings. The van der Waals surface area contributed by atoms with E-state index >= 15 is 0 Å². The van der Waals surface area contributed by atoms with Crippen molar-refractivity contribution in [1.29, 1.82) is 0 Å². The molecule has 15 heavy (non-hydrogen) atoms. The van der Waals surface area contributed by atoms with Gasteiger partial charge in [0.25, 0.3) is 0 Å². The number of nitrogen functional groups attached to an aromatic ring is 1. The smallest absolute Gasteiger partial charge is 0.0906 e. The minimum Gasteiger partial charge on any atom is -0.398 e. The third kappa shape index (κ3) is 2.29. The molecule has 2 N–H and O–H groups in total. The fraction of sp³-hybridized carbons (Fsp3) is 0.500. The minimum atomic E-state index is -0.229. The maximum absolute atomic E-state index is 12.1. The van der Waals surface area contributed by atoms with Crippen LogP contribution in [0, 0.1) is 0 Å². The van der Waals surface area contributed by atoms with E-state index in [9.17, 15) is 4.39 Å². The number of hydrogen-bond acceptors (Lipinski definition) is 2. The van der Waals surface area contributed by atoms with E-state index in [2.05, 4.69) is 11.0 Å². The van der Waals surface area contributed by atoms with Crippen molar-refractivity contribution in [2.45, 2.75) is 19.4 Å². The average molecular weight is 208 g/mol. The highest BCUT2D eigenvalue weighted by atomic mass is 19.1. The van der Waals surface area contributed by atoms with Gasteiger partial charge in [-0.3, -0.25) is 9.29 Å². The van der Waals surface area contributed by atoms with Crippen LogP contribution in [0.15, 0.2) is 18.2 Å². The normalized spacial score (nSPS) is 16.3. The zero-order valence-corrected chi connectivity index (χ0v) is 8.88. The first kappa shape index (κ1) is 10.4. The zero-order valence-electron chi connectivity index (χ0n) is 8.88. The maximum atomic E-state index is 12.1. The molecule has 2 rings (SSSR count). The Morgan fingerprint density at radius 2 is 2.27 bits per heavy atom. The molecule has 1 aromatic rings. The standard InChI is InChI=1S/C12H17FN2/c13-6-2-7-15-8-5-10-3-1-4-12(14)11(10)9-15/h1,3-4H,2,5-9,14H2. The fourth-order valence-electron chi connectivity index (χ4n) is 2.14. The molecule has 0 saturated carbocycles. The van der Waals surface area contributed by atoms with Crippen LogP contribution >= 0.6 is 0 Å². The molecule has 3 heteroatoms. The van der Waals surface area contributed by atoms with Crippen LogP contribution in [0.1, 0.15) is 17.5 Å². The SMILES string of the molecule is Nc1cccc2c1CN(CCCF)CC2. The van der Waals surface area contributed by atoms with E-state index < -0.39 is 0 Å². The van der Waals surface area contributed by atoms with Crippen LogP contribution in [0.2, 0.25) is 0 Å². The van der Waals surface area contributed by atoms with E-state index in [4.69, 9.17) is 5.73 Å². The van der Waals surface area contributed by atoms with Gasteiger partial charge in [0.05, 0.1) is 6.67 Å². The summed E-state index contributed by atoms with van der Waals surface area (Å²) >= 11 is 0. The number of benzene rings is 1. The molecule has 82 valence electrons. The number of fused-ring (bicyclic) bond motifs is 1. The van der Waals surface area contributed by atoms with E-state index in [0.717, 1.165) is 31.7 Å². The molecule has 0 amide bonds. The summed E-state index contributed by atoms with van der Waals surface area (Å²) in [5.74, 6) is 0. The van der Waals surface area contributed by atoms with E-state index in [1.54, 1.807) is 0 Å². The fourth-order valence-corrected chi connectivity index (χ4v) is 2.14. The van der Waals surface area contributed by atoms with Crippen LogP contribution in [-0.2, 0) is 13.0 Å². The highest BCUT2D eigenvalue weighted by Crippen LogP contribution is 2.24. The van der Waals surface area contributed by atoms with Gasteiger partial charge >= 0.3 is 0 Å². The van der Waals surface area contributed by atoms with E-state index in [-0.39, 0.29) is 6.67 Å².